The van der Waals surface area contributed by atoms with Gasteiger partial charge in [-0.05, 0) is 39.0 Å². The van der Waals surface area contributed by atoms with Crippen LogP contribution in [0.15, 0.2) is 29.3 Å². The average molecular weight is 595 g/mol. The van der Waals surface area contributed by atoms with E-state index in [4.69, 9.17) is 16.3 Å². The summed E-state index contributed by atoms with van der Waals surface area (Å²) in [6.07, 6.45) is -15.8. The summed E-state index contributed by atoms with van der Waals surface area (Å²) in [7, 11) is -4.73. The van der Waals surface area contributed by atoms with Crippen molar-refractivity contribution in [1.82, 2.24) is 9.78 Å². The Morgan fingerprint density at radius 2 is 1.92 bits per heavy atom. The number of aliphatic hydroxyl groups excluding tert-OH is 1. The molecule has 2 aromatic rings. The second-order valence-corrected chi connectivity index (χ2v) is 10.7. The molecule has 0 unspecified atom stereocenters. The molecule has 1 aromatic carbocycles. The lowest BCUT2D eigenvalue weighted by molar-refractivity contribution is -0.242. The molecule has 2 heterocycles. The second-order valence-electron chi connectivity index (χ2n) is 8.52. The quantitative estimate of drug-likeness (QED) is 0.478. The third-order valence-corrected chi connectivity index (χ3v) is 7.57. The van der Waals surface area contributed by atoms with E-state index in [1.54, 1.807) is 6.92 Å². The number of hydrogen-bond acceptors (Lipinski definition) is 7. The number of aliphatic hydroxyl groups is 1. The predicted octanol–water partition coefficient (Wildman–Crippen LogP) is 4.33. The van der Waals surface area contributed by atoms with Crippen LogP contribution < -0.4 is 14.4 Å². The molecule has 2 N–H and O–H groups in total. The highest BCUT2D eigenvalue weighted by molar-refractivity contribution is 7.93. The summed E-state index contributed by atoms with van der Waals surface area (Å²) in [5, 5.41) is 15.1. The molecule has 3 rings (SSSR count). The maximum atomic E-state index is 13.5. The molecule has 0 saturated carbocycles. The smallest absolute Gasteiger partial charge is 0.427 e. The van der Waals surface area contributed by atoms with Gasteiger partial charge in [0, 0.05) is 18.4 Å². The molecule has 1 aromatic heterocycles. The van der Waals surface area contributed by atoms with Crippen LogP contribution in [0.5, 0.6) is 5.75 Å². The molecule has 212 valence electrons. The fraction of sp³-hybridized carbons (Fsp3) is 0.500. The first-order chi connectivity index (χ1) is 17.3. The minimum Gasteiger partial charge on any atom is -0.483 e. The van der Waals surface area contributed by atoms with Crippen molar-refractivity contribution in [3.63, 3.8) is 0 Å². The van der Waals surface area contributed by atoms with Crippen LogP contribution in [0, 0.1) is 0 Å². The molecular formula is C20H21ClF6N4O6S. The summed E-state index contributed by atoms with van der Waals surface area (Å²) in [5.41, 5.74) is -3.55. The van der Waals surface area contributed by atoms with Crippen LogP contribution in [0.3, 0.4) is 0 Å². The zero-order valence-corrected chi connectivity index (χ0v) is 21.3. The van der Waals surface area contributed by atoms with E-state index in [0.29, 0.717) is 18.2 Å². The normalized spacial score (nSPS) is 17.4. The van der Waals surface area contributed by atoms with E-state index in [1.165, 1.54) is 0 Å². The number of anilines is 2. The van der Waals surface area contributed by atoms with Gasteiger partial charge in [0.15, 0.2) is 17.4 Å². The summed E-state index contributed by atoms with van der Waals surface area (Å²) in [4.78, 5) is 11.5. The highest BCUT2D eigenvalue weighted by Crippen LogP contribution is 2.42. The number of sulfonamides is 1. The van der Waals surface area contributed by atoms with Crippen molar-refractivity contribution in [2.24, 2.45) is 0 Å². The number of nitrogens with zero attached hydrogens (tertiary/aromatic N) is 3. The van der Waals surface area contributed by atoms with Gasteiger partial charge in [-0.25, -0.2) is 13.2 Å². The van der Waals surface area contributed by atoms with Crippen LogP contribution in [0.4, 0.5) is 42.5 Å². The number of fused-ring (bicyclic) bond motifs is 1. The number of amides is 1. The van der Waals surface area contributed by atoms with E-state index in [2.05, 4.69) is 9.84 Å². The molecule has 1 aliphatic heterocycles. The third kappa shape index (κ3) is 5.88. The van der Waals surface area contributed by atoms with E-state index in [-0.39, 0.29) is 12.2 Å². The van der Waals surface area contributed by atoms with Crippen LogP contribution in [0.1, 0.15) is 20.8 Å². The predicted molar refractivity (Wildman–Crippen MR) is 121 cm³/mol. The van der Waals surface area contributed by atoms with Gasteiger partial charge in [-0.3, -0.25) is 14.3 Å². The lowest BCUT2D eigenvalue weighted by Crippen LogP contribution is -2.53. The highest BCUT2D eigenvalue weighted by atomic mass is 35.5. The van der Waals surface area contributed by atoms with Crippen LogP contribution in [0.25, 0.3) is 0 Å². The Kier molecular flexibility index (Phi) is 7.80. The number of nitrogens with one attached hydrogen (secondary N) is 1. The van der Waals surface area contributed by atoms with Crippen molar-refractivity contribution in [3.8, 4) is 5.75 Å². The largest absolute Gasteiger partial charge is 0.483 e. The maximum Gasteiger partial charge on any atom is 0.427 e. The first-order valence-corrected chi connectivity index (χ1v) is 12.5. The van der Waals surface area contributed by atoms with Crippen molar-refractivity contribution in [3.05, 3.63) is 29.5 Å². The molecule has 2 atom stereocenters. The summed E-state index contributed by atoms with van der Waals surface area (Å²) in [5.74, 6) is -0.443. The van der Waals surface area contributed by atoms with Gasteiger partial charge in [-0.15, -0.1) is 0 Å². The molecule has 0 bridgehead atoms. The SMILES string of the molecule is CCn1cc(S(=O)(=O)N2C[C@@H]([C@H](O)C(F)(F)F)Oc3ccc(NC(=O)OC(C)(C)C(F)(F)F)cc32)c(Cl)n1. The third-order valence-electron chi connectivity index (χ3n) is 5.39. The molecule has 10 nitrogen and oxygen atoms in total. The second kappa shape index (κ2) is 10.00. The fourth-order valence-corrected chi connectivity index (χ4v) is 5.15. The molecule has 0 spiro atoms. The number of alkyl halides is 6. The standard InChI is InChI=1S/C20H21ClF6N4O6S/c1-4-30-9-14(16(21)29-30)38(34,35)31-8-13(15(32)19(22,23)24)36-12-6-5-10(7-11(12)31)28-17(33)37-18(2,3)20(25,26)27/h5-7,9,13,15,32H,4,8H2,1-3H3,(H,28,33)/t13-,15-/m0/s1. The van der Waals surface area contributed by atoms with Gasteiger partial charge >= 0.3 is 18.4 Å². The molecule has 1 amide bonds. The molecule has 0 saturated heterocycles. The van der Waals surface area contributed by atoms with Crippen LogP contribution >= 0.6 is 11.6 Å². The Hall–Kier alpha value is -2.92. The summed E-state index contributed by atoms with van der Waals surface area (Å²) < 4.78 is 117. The summed E-state index contributed by atoms with van der Waals surface area (Å²) in [6, 6.07) is 2.92. The average Bonchev–Trinajstić information content (AvgIpc) is 3.17. The van der Waals surface area contributed by atoms with Gasteiger partial charge in [-0.2, -0.15) is 31.4 Å². The fourth-order valence-electron chi connectivity index (χ4n) is 3.22. The summed E-state index contributed by atoms with van der Waals surface area (Å²) in [6.45, 7) is 1.99. The van der Waals surface area contributed by atoms with Gasteiger partial charge in [0.25, 0.3) is 10.0 Å². The number of rotatable bonds is 6. The van der Waals surface area contributed by atoms with Gasteiger partial charge in [0.1, 0.15) is 10.6 Å². The number of halogens is 7. The number of benzene rings is 1. The van der Waals surface area contributed by atoms with Gasteiger partial charge < -0.3 is 14.6 Å². The van der Waals surface area contributed by atoms with E-state index in [0.717, 1.165) is 29.1 Å². The Morgan fingerprint density at radius 3 is 2.45 bits per heavy atom. The Balaban J connectivity index is 2.03. The molecule has 0 aliphatic carbocycles. The molecule has 38 heavy (non-hydrogen) atoms. The lowest BCUT2D eigenvalue weighted by Gasteiger charge is -2.37. The van der Waals surface area contributed by atoms with Gasteiger partial charge in [-0.1, -0.05) is 11.6 Å². The van der Waals surface area contributed by atoms with Crippen LogP contribution in [-0.2, 0) is 21.3 Å². The number of ether oxygens (including phenoxy) is 2. The van der Waals surface area contributed by atoms with Crippen molar-refractivity contribution in [1.29, 1.82) is 0 Å². The molecular weight excluding hydrogens is 574 g/mol. The number of carbonyl (C=O) groups excluding carboxylic acids is 1. The number of carbonyl (C=O) groups is 1. The van der Waals surface area contributed by atoms with Crippen LogP contribution in [-0.4, -0.2) is 66.1 Å². The van der Waals surface area contributed by atoms with Crippen molar-refractivity contribution in [2.45, 2.75) is 62.4 Å². The highest BCUT2D eigenvalue weighted by Gasteiger charge is 2.51. The van der Waals surface area contributed by atoms with Crippen LogP contribution in [0.2, 0.25) is 5.15 Å². The minimum absolute atomic E-state index is 0.203. The minimum atomic E-state index is -5.17. The number of aromatic nitrogens is 2. The zero-order valence-electron chi connectivity index (χ0n) is 19.8. The van der Waals surface area contributed by atoms with Gasteiger partial charge in [0.2, 0.25) is 5.60 Å². The van der Waals surface area contributed by atoms with Crippen molar-refractivity contribution < 1.29 is 54.1 Å². The van der Waals surface area contributed by atoms with E-state index >= 15 is 0 Å². The Bertz CT molecular complexity index is 1310. The zero-order chi connectivity index (χ0) is 28.8. The molecule has 0 radical (unpaired) electrons. The molecule has 1 aliphatic rings. The van der Waals surface area contributed by atoms with E-state index in [1.807, 2.05) is 5.32 Å². The van der Waals surface area contributed by atoms with Crippen molar-refractivity contribution in [2.75, 3.05) is 16.2 Å². The lowest BCUT2D eigenvalue weighted by atomic mass is 10.1. The molecule has 0 fully saturated rings. The molecule has 18 heteroatoms. The topological polar surface area (TPSA) is 123 Å². The first-order valence-electron chi connectivity index (χ1n) is 10.7. The van der Waals surface area contributed by atoms with E-state index in [9.17, 15) is 44.7 Å². The Morgan fingerprint density at radius 1 is 1.29 bits per heavy atom. The van der Waals surface area contributed by atoms with E-state index < -0.39 is 74.3 Å². The van der Waals surface area contributed by atoms with Crippen molar-refractivity contribution >= 4 is 39.1 Å². The summed E-state index contributed by atoms with van der Waals surface area (Å²) >= 11 is 5.96. The first kappa shape index (κ1) is 29.6. The number of aryl methyl sites for hydroxylation is 1. The number of hydrogen-bond donors (Lipinski definition) is 2. The monoisotopic (exact) mass is 594 g/mol. The Labute approximate surface area is 217 Å². The van der Waals surface area contributed by atoms with Gasteiger partial charge in [0.05, 0.1) is 12.2 Å². The maximum absolute atomic E-state index is 13.5.